The molecule has 6 nitrogen and oxygen atoms in total. The third kappa shape index (κ3) is 4.36. The van der Waals surface area contributed by atoms with Gasteiger partial charge in [-0.25, -0.2) is 13.2 Å². The fourth-order valence-electron chi connectivity index (χ4n) is 5.84. The second-order valence-electron chi connectivity index (χ2n) is 10.3. The van der Waals surface area contributed by atoms with Crippen LogP contribution in [0.2, 0.25) is 0 Å². The fraction of sp³-hybridized carbons (Fsp3) is 0.708. The summed E-state index contributed by atoms with van der Waals surface area (Å²) in [5.74, 6) is 0.642. The van der Waals surface area contributed by atoms with Gasteiger partial charge in [-0.3, -0.25) is 4.90 Å². The van der Waals surface area contributed by atoms with Crippen molar-refractivity contribution >= 4 is 15.9 Å². The molecular weight excluding hydrogens is 410 g/mol. The van der Waals surface area contributed by atoms with Crippen LogP contribution in [-0.2, 0) is 15.4 Å². The molecule has 7 heteroatoms. The van der Waals surface area contributed by atoms with Gasteiger partial charge in [-0.15, -0.1) is 0 Å². The number of rotatable bonds is 7. The quantitative estimate of drug-likeness (QED) is 0.643. The lowest BCUT2D eigenvalue weighted by Crippen LogP contribution is -2.56. The largest absolute Gasteiger partial charge is 0.321 e. The van der Waals surface area contributed by atoms with Crippen LogP contribution in [0.15, 0.2) is 30.3 Å². The van der Waals surface area contributed by atoms with E-state index in [2.05, 4.69) is 54.2 Å². The van der Waals surface area contributed by atoms with Crippen LogP contribution in [0.25, 0.3) is 0 Å². The highest BCUT2D eigenvalue weighted by Crippen LogP contribution is 2.49. The number of hydrogen-bond donors (Lipinski definition) is 0. The summed E-state index contributed by atoms with van der Waals surface area (Å²) in [5, 5.41) is 0. The number of amides is 2. The van der Waals surface area contributed by atoms with Gasteiger partial charge < -0.3 is 9.80 Å². The highest BCUT2D eigenvalue weighted by Gasteiger charge is 2.54. The van der Waals surface area contributed by atoms with Gasteiger partial charge in [0.1, 0.15) is 9.84 Å². The summed E-state index contributed by atoms with van der Waals surface area (Å²) >= 11 is 0. The van der Waals surface area contributed by atoms with E-state index < -0.39 is 9.84 Å². The summed E-state index contributed by atoms with van der Waals surface area (Å²) in [7, 11) is 1.23. The Morgan fingerprint density at radius 2 is 1.71 bits per heavy atom. The first-order valence-corrected chi connectivity index (χ1v) is 13.7. The zero-order valence-corrected chi connectivity index (χ0v) is 20.0. The molecule has 172 valence electrons. The number of urea groups is 1. The maximum Gasteiger partial charge on any atom is 0.320 e. The third-order valence-corrected chi connectivity index (χ3v) is 9.06. The Labute approximate surface area is 187 Å². The van der Waals surface area contributed by atoms with E-state index >= 15 is 0 Å². The molecule has 1 aliphatic heterocycles. The van der Waals surface area contributed by atoms with Crippen molar-refractivity contribution in [2.24, 2.45) is 5.92 Å². The first kappa shape index (κ1) is 22.6. The van der Waals surface area contributed by atoms with Crippen LogP contribution in [0.1, 0.15) is 50.5 Å². The summed E-state index contributed by atoms with van der Waals surface area (Å²) < 4.78 is 23.5. The summed E-state index contributed by atoms with van der Waals surface area (Å²) in [6.45, 7) is 1.79. The number of carbonyl (C=O) groups is 1. The minimum atomic E-state index is -3.10. The number of nitrogens with zero attached hydrogens (tertiary/aromatic N) is 3. The SMILES string of the molecule is CN(C)[C@]1(c2ccccc2)CC[C@]2(CC1)CN(CCS(C)(=O)=O)C(=O)N2CC1CCC1. The van der Waals surface area contributed by atoms with Gasteiger partial charge in [0.25, 0.3) is 0 Å². The van der Waals surface area contributed by atoms with E-state index in [1.54, 1.807) is 0 Å². The number of carbonyl (C=O) groups excluding carboxylic acids is 1. The van der Waals surface area contributed by atoms with Crippen molar-refractivity contribution < 1.29 is 13.2 Å². The van der Waals surface area contributed by atoms with Crippen LogP contribution in [0.5, 0.6) is 0 Å². The Morgan fingerprint density at radius 3 is 2.23 bits per heavy atom. The molecule has 1 aromatic rings. The summed E-state index contributed by atoms with van der Waals surface area (Å²) in [4.78, 5) is 19.7. The van der Waals surface area contributed by atoms with Gasteiger partial charge in [-0.1, -0.05) is 36.8 Å². The molecular formula is C24H37N3O3S. The average Bonchev–Trinajstić information content (AvgIpc) is 2.95. The monoisotopic (exact) mass is 447 g/mol. The van der Waals surface area contributed by atoms with Crippen molar-refractivity contribution in [3.63, 3.8) is 0 Å². The molecule has 0 unspecified atom stereocenters. The molecule has 3 fully saturated rings. The van der Waals surface area contributed by atoms with Crippen molar-refractivity contribution in [3.8, 4) is 0 Å². The standard InChI is InChI=1S/C24H37N3O3S/c1-25(2)24(21-10-5-4-6-11-21)14-12-23(13-15-24)19-26(16-17-31(3,29)30)22(28)27(23)18-20-8-7-9-20/h4-6,10-11,20H,7-9,12-19H2,1-3H3/t23-,24+. The van der Waals surface area contributed by atoms with Gasteiger partial charge in [-0.2, -0.15) is 0 Å². The summed E-state index contributed by atoms with van der Waals surface area (Å²) in [6.07, 6.45) is 8.82. The zero-order valence-electron chi connectivity index (χ0n) is 19.2. The molecule has 2 saturated carbocycles. The van der Waals surface area contributed by atoms with Crippen LogP contribution in [0, 0.1) is 5.92 Å². The minimum absolute atomic E-state index is 0.0160. The first-order valence-electron chi connectivity index (χ1n) is 11.6. The molecule has 2 amide bonds. The lowest BCUT2D eigenvalue weighted by Gasteiger charge is -2.51. The molecule has 3 aliphatic rings. The lowest BCUT2D eigenvalue weighted by atomic mass is 9.68. The predicted molar refractivity (Wildman–Crippen MR) is 124 cm³/mol. The van der Waals surface area contributed by atoms with Crippen molar-refractivity contribution in [2.75, 3.05) is 45.7 Å². The van der Waals surface area contributed by atoms with Crippen LogP contribution >= 0.6 is 0 Å². The molecule has 31 heavy (non-hydrogen) atoms. The Bertz CT molecular complexity index is 888. The van der Waals surface area contributed by atoms with Crippen LogP contribution in [0.3, 0.4) is 0 Å². The molecule has 1 heterocycles. The van der Waals surface area contributed by atoms with Gasteiger partial charge >= 0.3 is 6.03 Å². The highest BCUT2D eigenvalue weighted by atomic mass is 32.2. The van der Waals surface area contributed by atoms with Crippen LogP contribution < -0.4 is 0 Å². The molecule has 1 spiro atoms. The Balaban J connectivity index is 1.57. The van der Waals surface area contributed by atoms with E-state index in [0.29, 0.717) is 19.0 Å². The van der Waals surface area contributed by atoms with E-state index in [-0.39, 0.29) is 22.9 Å². The van der Waals surface area contributed by atoms with Crippen molar-refractivity contribution in [3.05, 3.63) is 35.9 Å². The number of benzene rings is 1. The van der Waals surface area contributed by atoms with E-state index in [1.165, 1.54) is 31.1 Å². The van der Waals surface area contributed by atoms with Gasteiger partial charge in [0.05, 0.1) is 11.3 Å². The lowest BCUT2D eigenvalue weighted by molar-refractivity contribution is 0.0160. The van der Waals surface area contributed by atoms with Crippen LogP contribution in [-0.4, -0.2) is 80.4 Å². The van der Waals surface area contributed by atoms with Gasteiger partial charge in [0.2, 0.25) is 0 Å². The van der Waals surface area contributed by atoms with E-state index in [9.17, 15) is 13.2 Å². The Hall–Kier alpha value is -1.60. The van der Waals surface area contributed by atoms with Crippen molar-refractivity contribution in [2.45, 2.75) is 56.0 Å². The van der Waals surface area contributed by atoms with Gasteiger partial charge in [0.15, 0.2) is 0 Å². The van der Waals surface area contributed by atoms with Gasteiger partial charge in [-0.05, 0) is 64.1 Å². The van der Waals surface area contributed by atoms with E-state index in [4.69, 9.17) is 0 Å². The molecule has 2 aliphatic carbocycles. The second kappa shape index (κ2) is 8.39. The average molecular weight is 448 g/mol. The third-order valence-electron chi connectivity index (χ3n) is 8.13. The molecule has 0 atom stereocenters. The molecule has 1 aromatic carbocycles. The molecule has 4 rings (SSSR count). The van der Waals surface area contributed by atoms with E-state index in [0.717, 1.165) is 32.2 Å². The Morgan fingerprint density at radius 1 is 1.06 bits per heavy atom. The number of hydrogen-bond acceptors (Lipinski definition) is 4. The zero-order chi connectivity index (χ0) is 22.3. The van der Waals surface area contributed by atoms with Crippen molar-refractivity contribution in [1.29, 1.82) is 0 Å². The van der Waals surface area contributed by atoms with Crippen molar-refractivity contribution in [1.82, 2.24) is 14.7 Å². The Kier molecular flexibility index (Phi) is 6.12. The minimum Gasteiger partial charge on any atom is -0.321 e. The normalized spacial score (nSPS) is 29.7. The predicted octanol–water partition coefficient (Wildman–Crippen LogP) is 3.34. The highest BCUT2D eigenvalue weighted by molar-refractivity contribution is 7.90. The van der Waals surface area contributed by atoms with E-state index in [1.807, 2.05) is 4.90 Å². The first-order chi connectivity index (χ1) is 14.7. The molecule has 0 N–H and O–H groups in total. The maximum atomic E-state index is 13.4. The number of sulfone groups is 1. The topological polar surface area (TPSA) is 60.9 Å². The summed E-state index contributed by atoms with van der Waals surface area (Å²) in [6, 6.07) is 10.8. The molecule has 0 bridgehead atoms. The maximum absolute atomic E-state index is 13.4. The fourth-order valence-corrected chi connectivity index (χ4v) is 6.39. The van der Waals surface area contributed by atoms with Gasteiger partial charge in [0, 0.05) is 31.4 Å². The smallest absolute Gasteiger partial charge is 0.320 e. The van der Waals surface area contributed by atoms with Crippen LogP contribution in [0.4, 0.5) is 4.79 Å². The molecule has 1 saturated heterocycles. The second-order valence-corrected chi connectivity index (χ2v) is 12.5. The molecule has 0 aromatic heterocycles. The summed E-state index contributed by atoms with van der Waals surface area (Å²) in [5.41, 5.74) is 1.16. The molecule has 0 radical (unpaired) electrons.